The Morgan fingerprint density at radius 1 is 0.875 bits per heavy atom. The predicted molar refractivity (Wildman–Crippen MR) is 129 cm³/mol. The highest BCUT2D eigenvalue weighted by atomic mass is 32.2. The summed E-state index contributed by atoms with van der Waals surface area (Å²) >= 11 is 0. The maximum absolute atomic E-state index is 12.8. The number of carbonyl (C=O) groups is 1. The molecule has 166 valence electrons. The molecule has 0 spiro atoms. The molecule has 0 unspecified atom stereocenters. The van der Waals surface area contributed by atoms with E-state index in [4.69, 9.17) is 4.18 Å². The molecule has 0 heterocycles. The van der Waals surface area contributed by atoms with Crippen LogP contribution in [-0.2, 0) is 10.1 Å². The number of hydrogen-bond donors (Lipinski definition) is 0. The average Bonchev–Trinajstić information content (AvgIpc) is 2.71. The van der Waals surface area contributed by atoms with Gasteiger partial charge in [0.1, 0.15) is 10.6 Å². The lowest BCUT2D eigenvalue weighted by Gasteiger charge is -2.13. The lowest BCUT2D eigenvalue weighted by atomic mass is 10.0. The van der Waals surface area contributed by atoms with Gasteiger partial charge in [-0.05, 0) is 79.3 Å². The number of benzene rings is 3. The van der Waals surface area contributed by atoms with Crippen LogP contribution in [0.3, 0.4) is 0 Å². The summed E-state index contributed by atoms with van der Waals surface area (Å²) in [5.74, 6) is 0.449. The summed E-state index contributed by atoms with van der Waals surface area (Å²) in [7, 11) is -3.98. The van der Waals surface area contributed by atoms with E-state index < -0.39 is 10.1 Å². The van der Waals surface area contributed by atoms with Crippen molar-refractivity contribution >= 4 is 22.0 Å². The van der Waals surface area contributed by atoms with E-state index >= 15 is 0 Å². The molecule has 0 fully saturated rings. The van der Waals surface area contributed by atoms with E-state index in [0.717, 1.165) is 11.1 Å². The number of hydrogen-bond acceptors (Lipinski definition) is 4. The van der Waals surface area contributed by atoms with Gasteiger partial charge in [-0.1, -0.05) is 61.9 Å². The lowest BCUT2D eigenvalue weighted by Crippen LogP contribution is -2.13. The Morgan fingerprint density at radius 2 is 1.44 bits per heavy atom. The molecule has 0 N–H and O–H groups in total. The van der Waals surface area contributed by atoms with Crippen molar-refractivity contribution in [1.29, 1.82) is 0 Å². The summed E-state index contributed by atoms with van der Waals surface area (Å²) in [5.41, 5.74) is 4.91. The highest BCUT2D eigenvalue weighted by Crippen LogP contribution is 2.26. The fourth-order valence-corrected chi connectivity index (χ4v) is 5.02. The molecule has 5 heteroatoms. The van der Waals surface area contributed by atoms with Crippen molar-refractivity contribution in [2.75, 3.05) is 0 Å². The molecular weight excluding hydrogens is 420 g/mol. The molecule has 0 saturated heterocycles. The van der Waals surface area contributed by atoms with Crippen molar-refractivity contribution in [3.8, 4) is 5.75 Å². The average molecular weight is 449 g/mol. The standard InChI is InChI=1S/C27H28O4S/c1-18(2)23-9-6-22(7-10-23)8-15-26(28)24-11-13-25(14-12-24)31-32(29,30)27-20(4)16-19(3)17-21(27)5/h6-18H,1-5H3/b15-8+. The molecule has 0 bridgehead atoms. The molecule has 32 heavy (non-hydrogen) atoms. The van der Waals surface area contributed by atoms with Crippen LogP contribution >= 0.6 is 0 Å². The Morgan fingerprint density at radius 3 is 1.97 bits per heavy atom. The van der Waals surface area contributed by atoms with Crippen LogP contribution in [0.5, 0.6) is 5.75 Å². The molecule has 0 atom stereocenters. The second-order valence-electron chi connectivity index (χ2n) is 8.31. The Kier molecular flexibility index (Phi) is 6.99. The van der Waals surface area contributed by atoms with Gasteiger partial charge in [-0.25, -0.2) is 0 Å². The largest absolute Gasteiger partial charge is 0.379 e. The van der Waals surface area contributed by atoms with Crippen LogP contribution in [0, 0.1) is 20.8 Å². The normalized spacial score (nSPS) is 11.8. The first kappa shape index (κ1) is 23.5. The van der Waals surface area contributed by atoms with E-state index in [1.54, 1.807) is 32.1 Å². The van der Waals surface area contributed by atoms with Gasteiger partial charge >= 0.3 is 10.1 Å². The second kappa shape index (κ2) is 9.53. The van der Waals surface area contributed by atoms with Crippen LogP contribution < -0.4 is 4.18 Å². The van der Waals surface area contributed by atoms with E-state index in [1.165, 1.54) is 23.8 Å². The Hall–Kier alpha value is -3.18. The molecule has 3 rings (SSSR count). The zero-order chi connectivity index (χ0) is 23.5. The van der Waals surface area contributed by atoms with Gasteiger partial charge < -0.3 is 4.18 Å². The first-order chi connectivity index (χ1) is 15.1. The highest BCUT2D eigenvalue weighted by Gasteiger charge is 2.22. The zero-order valence-electron chi connectivity index (χ0n) is 19.0. The summed E-state index contributed by atoms with van der Waals surface area (Å²) < 4.78 is 30.9. The first-order valence-corrected chi connectivity index (χ1v) is 11.9. The van der Waals surface area contributed by atoms with Gasteiger partial charge in [-0.3, -0.25) is 4.79 Å². The second-order valence-corrected chi connectivity index (χ2v) is 9.79. The topological polar surface area (TPSA) is 60.4 Å². The summed E-state index contributed by atoms with van der Waals surface area (Å²) in [6.07, 6.45) is 3.28. The van der Waals surface area contributed by atoms with Crippen LogP contribution in [-0.4, -0.2) is 14.2 Å². The van der Waals surface area contributed by atoms with E-state index in [9.17, 15) is 13.2 Å². The molecule has 0 aliphatic rings. The molecule has 3 aromatic rings. The fourth-order valence-electron chi connectivity index (χ4n) is 3.66. The third-order valence-corrected chi connectivity index (χ3v) is 6.79. The third kappa shape index (κ3) is 5.54. The van der Waals surface area contributed by atoms with Crippen LogP contribution in [0.2, 0.25) is 0 Å². The summed E-state index contributed by atoms with van der Waals surface area (Å²) in [4.78, 5) is 12.7. The molecule has 0 aromatic heterocycles. The van der Waals surface area contributed by atoms with E-state index in [0.29, 0.717) is 22.6 Å². The van der Waals surface area contributed by atoms with Gasteiger partial charge in [0.15, 0.2) is 5.78 Å². The lowest BCUT2D eigenvalue weighted by molar-refractivity contribution is 0.104. The van der Waals surface area contributed by atoms with Gasteiger partial charge in [0, 0.05) is 5.56 Å². The molecule has 0 aliphatic heterocycles. The third-order valence-electron chi connectivity index (χ3n) is 5.23. The van der Waals surface area contributed by atoms with Crippen LogP contribution in [0.1, 0.15) is 57.9 Å². The maximum Gasteiger partial charge on any atom is 0.339 e. The quantitative estimate of drug-likeness (QED) is 0.238. The van der Waals surface area contributed by atoms with E-state index in [-0.39, 0.29) is 16.4 Å². The summed E-state index contributed by atoms with van der Waals surface area (Å²) in [6, 6.07) is 17.8. The summed E-state index contributed by atoms with van der Waals surface area (Å²) in [5, 5.41) is 0. The summed E-state index contributed by atoms with van der Waals surface area (Å²) in [6.45, 7) is 9.69. The number of ketones is 1. The van der Waals surface area contributed by atoms with Crippen molar-refractivity contribution in [3.05, 3.63) is 100 Å². The molecule has 0 aliphatic carbocycles. The number of rotatable bonds is 7. The highest BCUT2D eigenvalue weighted by molar-refractivity contribution is 7.87. The van der Waals surface area contributed by atoms with Crippen LogP contribution in [0.4, 0.5) is 0 Å². The number of aryl methyl sites for hydroxylation is 3. The van der Waals surface area contributed by atoms with Crippen molar-refractivity contribution in [3.63, 3.8) is 0 Å². The Bertz CT molecular complexity index is 1230. The van der Waals surface area contributed by atoms with Crippen molar-refractivity contribution in [2.45, 2.75) is 45.4 Å². The Balaban J connectivity index is 1.72. The van der Waals surface area contributed by atoms with Gasteiger partial charge in [-0.15, -0.1) is 0 Å². The van der Waals surface area contributed by atoms with Crippen LogP contribution in [0.25, 0.3) is 6.08 Å². The van der Waals surface area contributed by atoms with Gasteiger partial charge in [-0.2, -0.15) is 8.42 Å². The van der Waals surface area contributed by atoms with E-state index in [2.05, 4.69) is 26.0 Å². The van der Waals surface area contributed by atoms with Gasteiger partial charge in [0.25, 0.3) is 0 Å². The van der Waals surface area contributed by atoms with E-state index in [1.807, 2.05) is 31.2 Å². The van der Waals surface area contributed by atoms with Crippen molar-refractivity contribution < 1.29 is 17.4 Å². The molecule has 0 amide bonds. The molecule has 4 nitrogen and oxygen atoms in total. The fraction of sp³-hybridized carbons (Fsp3) is 0.222. The van der Waals surface area contributed by atoms with Crippen LogP contribution in [0.15, 0.2) is 71.6 Å². The monoisotopic (exact) mass is 448 g/mol. The molecular formula is C27H28O4S. The molecule has 0 saturated carbocycles. The predicted octanol–water partition coefficient (Wildman–Crippen LogP) is 6.40. The Labute approximate surface area is 190 Å². The minimum atomic E-state index is -3.98. The smallest absolute Gasteiger partial charge is 0.339 e. The van der Waals surface area contributed by atoms with Crippen molar-refractivity contribution in [2.24, 2.45) is 0 Å². The van der Waals surface area contributed by atoms with Crippen molar-refractivity contribution in [1.82, 2.24) is 0 Å². The SMILES string of the molecule is Cc1cc(C)c(S(=O)(=O)Oc2ccc(C(=O)/C=C/c3ccc(C(C)C)cc3)cc2)c(C)c1. The minimum Gasteiger partial charge on any atom is -0.379 e. The van der Waals surface area contributed by atoms with Gasteiger partial charge in [0.2, 0.25) is 0 Å². The number of carbonyl (C=O) groups excluding carboxylic acids is 1. The molecule has 0 radical (unpaired) electrons. The molecule has 3 aromatic carbocycles. The zero-order valence-corrected chi connectivity index (χ0v) is 19.9. The number of allylic oxidation sites excluding steroid dienone is 1. The first-order valence-electron chi connectivity index (χ1n) is 10.5. The van der Waals surface area contributed by atoms with Gasteiger partial charge in [0.05, 0.1) is 0 Å². The maximum atomic E-state index is 12.8. The minimum absolute atomic E-state index is 0.161.